The number of nitrogens with two attached hydrogens (primary N) is 1. The second-order valence-corrected chi connectivity index (χ2v) is 7.31. The van der Waals surface area contributed by atoms with E-state index in [1.165, 1.54) is 0 Å². The Hall–Kier alpha value is -0.880. The molecule has 0 bridgehead atoms. The molecule has 1 aromatic carbocycles. The molecule has 7 heteroatoms. The van der Waals surface area contributed by atoms with Gasteiger partial charge in [0.1, 0.15) is 0 Å². The molecule has 0 aliphatic carbocycles. The van der Waals surface area contributed by atoms with Crippen molar-refractivity contribution in [3.8, 4) is 0 Å². The molecule has 2 rings (SSSR count). The van der Waals surface area contributed by atoms with Gasteiger partial charge in [-0.3, -0.25) is 9.78 Å². The molecule has 1 aromatic heterocycles. The Bertz CT molecular complexity index is 720. The average molecular weight is 451 g/mol. The molecule has 1 unspecified atom stereocenters. The van der Waals surface area contributed by atoms with Crippen LogP contribution in [0.15, 0.2) is 28.7 Å². The summed E-state index contributed by atoms with van der Waals surface area (Å²) >= 11 is 3.45. The molecule has 0 spiro atoms. The third-order valence-electron chi connectivity index (χ3n) is 4.13. The van der Waals surface area contributed by atoms with E-state index in [9.17, 15) is 4.79 Å². The van der Waals surface area contributed by atoms with Crippen molar-refractivity contribution in [3.05, 3.63) is 40.0 Å². The number of nitrogens with zero attached hydrogens (tertiary/aromatic N) is 2. The summed E-state index contributed by atoms with van der Waals surface area (Å²) in [7, 11) is 1.83. The minimum atomic E-state index is 0. The Morgan fingerprint density at radius 3 is 2.52 bits per heavy atom. The van der Waals surface area contributed by atoms with Crippen molar-refractivity contribution >= 4 is 57.6 Å². The number of pyridine rings is 1. The lowest BCUT2D eigenvalue weighted by atomic mass is 10.0. The van der Waals surface area contributed by atoms with E-state index in [2.05, 4.69) is 34.8 Å². The first-order chi connectivity index (χ1) is 10.8. The number of hydrogen-bond donors (Lipinski definition) is 1. The SMILES string of the molecule is Cc1cc(C(=O)N(C)CCC(N)C(C)C)c2ccc(Br)cc2n1.Cl.Cl. The molecule has 0 saturated heterocycles. The minimum Gasteiger partial charge on any atom is -0.342 e. The highest BCUT2D eigenvalue weighted by molar-refractivity contribution is 9.10. The highest BCUT2D eigenvalue weighted by Crippen LogP contribution is 2.23. The van der Waals surface area contributed by atoms with E-state index < -0.39 is 0 Å². The normalized spacial score (nSPS) is 11.6. The van der Waals surface area contributed by atoms with Gasteiger partial charge in [-0.15, -0.1) is 24.8 Å². The molecule has 25 heavy (non-hydrogen) atoms. The summed E-state index contributed by atoms with van der Waals surface area (Å²) in [6.07, 6.45) is 0.799. The van der Waals surface area contributed by atoms with Crippen molar-refractivity contribution in [2.75, 3.05) is 13.6 Å². The number of hydrogen-bond acceptors (Lipinski definition) is 3. The van der Waals surface area contributed by atoms with Gasteiger partial charge in [-0.25, -0.2) is 0 Å². The molecule has 0 radical (unpaired) electrons. The number of aromatic nitrogens is 1. The van der Waals surface area contributed by atoms with E-state index in [1.807, 2.05) is 38.2 Å². The lowest BCUT2D eigenvalue weighted by Gasteiger charge is -2.22. The van der Waals surface area contributed by atoms with Crippen LogP contribution in [-0.4, -0.2) is 35.4 Å². The van der Waals surface area contributed by atoms with Gasteiger partial charge in [0, 0.05) is 35.2 Å². The van der Waals surface area contributed by atoms with Crippen LogP contribution in [-0.2, 0) is 0 Å². The van der Waals surface area contributed by atoms with E-state index in [0.29, 0.717) is 18.0 Å². The standard InChI is InChI=1S/C18H24BrN3O.2ClH/c1-11(2)16(20)7-8-22(4)18(23)15-9-12(3)21-17-10-13(19)5-6-14(15)17;;/h5-6,9-11,16H,7-8,20H2,1-4H3;2*1H. The van der Waals surface area contributed by atoms with Gasteiger partial charge in [0.15, 0.2) is 0 Å². The molecule has 1 heterocycles. The van der Waals surface area contributed by atoms with Crippen molar-refractivity contribution in [1.82, 2.24) is 9.88 Å². The molecular weight excluding hydrogens is 425 g/mol. The molecule has 0 saturated carbocycles. The highest BCUT2D eigenvalue weighted by Gasteiger charge is 2.17. The maximum Gasteiger partial charge on any atom is 0.254 e. The van der Waals surface area contributed by atoms with E-state index in [-0.39, 0.29) is 36.8 Å². The molecule has 140 valence electrons. The first-order valence-corrected chi connectivity index (χ1v) is 8.67. The van der Waals surface area contributed by atoms with E-state index >= 15 is 0 Å². The fraction of sp³-hybridized carbons (Fsp3) is 0.444. The summed E-state index contributed by atoms with van der Waals surface area (Å²) < 4.78 is 0.956. The smallest absolute Gasteiger partial charge is 0.254 e. The lowest BCUT2D eigenvalue weighted by Crippen LogP contribution is -2.34. The Morgan fingerprint density at radius 1 is 1.28 bits per heavy atom. The van der Waals surface area contributed by atoms with Crippen molar-refractivity contribution in [2.45, 2.75) is 33.2 Å². The number of rotatable bonds is 5. The van der Waals surface area contributed by atoms with E-state index in [4.69, 9.17) is 5.73 Å². The second kappa shape index (κ2) is 10.3. The number of benzene rings is 1. The van der Waals surface area contributed by atoms with Crippen LogP contribution in [0.1, 0.15) is 36.3 Å². The minimum absolute atomic E-state index is 0. The van der Waals surface area contributed by atoms with Crippen LogP contribution >= 0.6 is 40.7 Å². The summed E-state index contributed by atoms with van der Waals surface area (Å²) in [5.41, 5.74) is 8.44. The molecule has 0 aliphatic heterocycles. The largest absolute Gasteiger partial charge is 0.342 e. The van der Waals surface area contributed by atoms with Gasteiger partial charge in [-0.05, 0) is 37.5 Å². The molecular formula is C18H26BrCl2N3O. The molecule has 1 atom stereocenters. The third-order valence-corrected chi connectivity index (χ3v) is 4.62. The number of fused-ring (bicyclic) bond motifs is 1. The number of aryl methyl sites for hydroxylation is 1. The van der Waals surface area contributed by atoms with Crippen molar-refractivity contribution in [1.29, 1.82) is 0 Å². The maximum absolute atomic E-state index is 12.8. The van der Waals surface area contributed by atoms with Gasteiger partial charge >= 0.3 is 0 Å². The topological polar surface area (TPSA) is 59.2 Å². The fourth-order valence-corrected chi connectivity index (χ4v) is 2.84. The third kappa shape index (κ3) is 6.10. The first kappa shape index (κ1) is 24.1. The van der Waals surface area contributed by atoms with Crippen LogP contribution in [0, 0.1) is 12.8 Å². The van der Waals surface area contributed by atoms with Crippen molar-refractivity contribution in [3.63, 3.8) is 0 Å². The predicted molar refractivity (Wildman–Crippen MR) is 113 cm³/mol. The quantitative estimate of drug-likeness (QED) is 0.724. The molecule has 0 fully saturated rings. The number of halogens is 3. The average Bonchev–Trinajstić information content (AvgIpc) is 2.49. The summed E-state index contributed by atoms with van der Waals surface area (Å²) in [4.78, 5) is 19.1. The zero-order valence-corrected chi connectivity index (χ0v) is 18.2. The second-order valence-electron chi connectivity index (χ2n) is 6.40. The first-order valence-electron chi connectivity index (χ1n) is 7.87. The van der Waals surface area contributed by atoms with E-state index in [0.717, 1.165) is 27.5 Å². The van der Waals surface area contributed by atoms with E-state index in [1.54, 1.807) is 4.90 Å². The van der Waals surface area contributed by atoms with Crippen LogP contribution in [0.5, 0.6) is 0 Å². The Morgan fingerprint density at radius 2 is 1.92 bits per heavy atom. The summed E-state index contributed by atoms with van der Waals surface area (Å²) in [5, 5.41) is 0.879. The van der Waals surface area contributed by atoms with Gasteiger partial charge in [0.25, 0.3) is 5.91 Å². The predicted octanol–water partition coefficient (Wildman–Crippen LogP) is 4.59. The number of amides is 1. The van der Waals surface area contributed by atoms with Crippen LogP contribution in [0.25, 0.3) is 10.9 Å². The number of carbonyl (C=O) groups is 1. The van der Waals surface area contributed by atoms with Crippen LogP contribution in [0.2, 0.25) is 0 Å². The Balaban J connectivity index is 0.00000288. The molecule has 1 amide bonds. The zero-order chi connectivity index (χ0) is 17.1. The molecule has 0 aliphatic rings. The maximum atomic E-state index is 12.8. The summed E-state index contributed by atoms with van der Waals surface area (Å²) in [6, 6.07) is 7.78. The van der Waals surface area contributed by atoms with Crippen LogP contribution in [0.3, 0.4) is 0 Å². The van der Waals surface area contributed by atoms with Gasteiger partial charge < -0.3 is 10.6 Å². The zero-order valence-electron chi connectivity index (χ0n) is 15.0. The van der Waals surface area contributed by atoms with Crippen LogP contribution in [0.4, 0.5) is 0 Å². The van der Waals surface area contributed by atoms with Gasteiger partial charge in [0.05, 0.1) is 11.1 Å². The van der Waals surface area contributed by atoms with Gasteiger partial charge in [-0.2, -0.15) is 0 Å². The summed E-state index contributed by atoms with van der Waals surface area (Å²) in [6.45, 7) is 6.76. The lowest BCUT2D eigenvalue weighted by molar-refractivity contribution is 0.0791. The molecule has 4 nitrogen and oxygen atoms in total. The van der Waals surface area contributed by atoms with Crippen LogP contribution < -0.4 is 5.73 Å². The highest BCUT2D eigenvalue weighted by atomic mass is 79.9. The fourth-order valence-electron chi connectivity index (χ4n) is 2.49. The number of carbonyl (C=O) groups excluding carboxylic acids is 1. The van der Waals surface area contributed by atoms with Gasteiger partial charge in [-0.1, -0.05) is 35.8 Å². The molecule has 2 N–H and O–H groups in total. The molecule has 2 aromatic rings. The van der Waals surface area contributed by atoms with Gasteiger partial charge in [0.2, 0.25) is 0 Å². The summed E-state index contributed by atoms with van der Waals surface area (Å²) in [5.74, 6) is 0.429. The van der Waals surface area contributed by atoms with Crippen molar-refractivity contribution in [2.24, 2.45) is 11.7 Å². The Labute approximate surface area is 170 Å². The van der Waals surface area contributed by atoms with Crippen molar-refractivity contribution < 1.29 is 4.79 Å². The Kier molecular flexibility index (Phi) is 9.95. The monoisotopic (exact) mass is 449 g/mol.